The first-order valence-corrected chi connectivity index (χ1v) is 5.05. The zero-order chi connectivity index (χ0) is 8.97. The summed E-state index contributed by atoms with van der Waals surface area (Å²) in [6.45, 7) is 7.05. The molecule has 0 atom stereocenters. The van der Waals surface area contributed by atoms with Crippen molar-refractivity contribution in [1.82, 2.24) is 4.98 Å². The molecule has 0 bridgehead atoms. The predicted molar refractivity (Wildman–Crippen MR) is 54.4 cm³/mol. The first kappa shape index (κ1) is 9.39. The number of nitrogens with zero attached hydrogens (tertiary/aromatic N) is 2. The van der Waals surface area contributed by atoms with E-state index in [0.717, 1.165) is 23.7 Å². The van der Waals surface area contributed by atoms with Crippen molar-refractivity contribution >= 4 is 17.6 Å². The van der Waals surface area contributed by atoms with Crippen molar-refractivity contribution in [2.24, 2.45) is 4.99 Å². The van der Waals surface area contributed by atoms with Gasteiger partial charge in [-0.05, 0) is 20.3 Å². The van der Waals surface area contributed by atoms with Crippen molar-refractivity contribution in [2.45, 2.75) is 27.2 Å². The van der Waals surface area contributed by atoms with E-state index >= 15 is 0 Å². The number of aromatic nitrogens is 1. The highest BCUT2D eigenvalue weighted by atomic mass is 32.1. The van der Waals surface area contributed by atoms with Crippen LogP contribution >= 0.6 is 11.3 Å². The maximum Gasteiger partial charge on any atom is 0.0952 e. The minimum atomic E-state index is 0.833. The van der Waals surface area contributed by atoms with E-state index in [1.165, 1.54) is 4.88 Å². The smallest absolute Gasteiger partial charge is 0.0952 e. The Morgan fingerprint density at radius 2 is 2.25 bits per heavy atom. The van der Waals surface area contributed by atoms with Gasteiger partial charge in [0.2, 0.25) is 0 Å². The molecule has 1 aromatic heterocycles. The molecular weight excluding hydrogens is 168 g/mol. The van der Waals surface area contributed by atoms with Gasteiger partial charge in [0.15, 0.2) is 0 Å². The Morgan fingerprint density at radius 1 is 1.50 bits per heavy atom. The summed E-state index contributed by atoms with van der Waals surface area (Å²) < 4.78 is 0. The van der Waals surface area contributed by atoms with Crippen LogP contribution in [-0.2, 0) is 6.42 Å². The van der Waals surface area contributed by atoms with Gasteiger partial charge in [-0.25, -0.2) is 4.98 Å². The van der Waals surface area contributed by atoms with Crippen LogP contribution in [0.25, 0.3) is 0 Å². The molecule has 0 saturated heterocycles. The summed E-state index contributed by atoms with van der Waals surface area (Å²) in [6, 6.07) is 0. The topological polar surface area (TPSA) is 25.2 Å². The van der Waals surface area contributed by atoms with Gasteiger partial charge >= 0.3 is 0 Å². The molecule has 66 valence electrons. The maximum atomic E-state index is 4.39. The van der Waals surface area contributed by atoms with E-state index in [1.807, 2.05) is 20.1 Å². The Kier molecular flexibility index (Phi) is 3.41. The Hall–Kier alpha value is -0.700. The largest absolute Gasteiger partial charge is 0.291 e. The molecule has 0 aliphatic heterocycles. The van der Waals surface area contributed by atoms with Crippen molar-refractivity contribution < 1.29 is 0 Å². The SMILES string of the molecule is CCN=Cc1nc(C)sc1CC. The first-order valence-electron chi connectivity index (χ1n) is 4.24. The highest BCUT2D eigenvalue weighted by molar-refractivity contribution is 7.11. The fourth-order valence-corrected chi connectivity index (χ4v) is 1.87. The number of hydrogen-bond donors (Lipinski definition) is 0. The molecule has 0 amide bonds. The number of hydrogen-bond acceptors (Lipinski definition) is 3. The molecule has 0 N–H and O–H groups in total. The molecule has 0 aliphatic carbocycles. The van der Waals surface area contributed by atoms with Crippen molar-refractivity contribution in [3.63, 3.8) is 0 Å². The van der Waals surface area contributed by atoms with Gasteiger partial charge < -0.3 is 0 Å². The van der Waals surface area contributed by atoms with Gasteiger partial charge in [-0.3, -0.25) is 4.99 Å². The lowest BCUT2D eigenvalue weighted by molar-refractivity contribution is 1.12. The zero-order valence-electron chi connectivity index (χ0n) is 7.79. The third-order valence-electron chi connectivity index (χ3n) is 1.55. The van der Waals surface area contributed by atoms with Crippen LogP contribution in [-0.4, -0.2) is 17.7 Å². The van der Waals surface area contributed by atoms with Gasteiger partial charge in [0.1, 0.15) is 0 Å². The molecule has 2 nitrogen and oxygen atoms in total. The monoisotopic (exact) mass is 182 g/mol. The molecule has 12 heavy (non-hydrogen) atoms. The Balaban J connectivity index is 2.89. The van der Waals surface area contributed by atoms with Crippen LogP contribution in [0, 0.1) is 6.92 Å². The number of rotatable bonds is 3. The van der Waals surface area contributed by atoms with Crippen LogP contribution in [0.4, 0.5) is 0 Å². The standard InChI is InChI=1S/C9H14N2S/c1-4-9-8(6-10-5-2)11-7(3)12-9/h6H,4-5H2,1-3H3. The van der Waals surface area contributed by atoms with E-state index in [1.54, 1.807) is 11.3 Å². The van der Waals surface area contributed by atoms with E-state index in [4.69, 9.17) is 0 Å². The van der Waals surface area contributed by atoms with Crippen LogP contribution < -0.4 is 0 Å². The number of aryl methyl sites for hydroxylation is 2. The van der Waals surface area contributed by atoms with Gasteiger partial charge in [-0.1, -0.05) is 6.92 Å². The highest BCUT2D eigenvalue weighted by Gasteiger charge is 2.03. The molecule has 0 spiro atoms. The summed E-state index contributed by atoms with van der Waals surface area (Å²) in [5.41, 5.74) is 1.06. The summed E-state index contributed by atoms with van der Waals surface area (Å²) in [5, 5.41) is 1.13. The number of aliphatic imine (C=N–C) groups is 1. The van der Waals surface area contributed by atoms with E-state index in [2.05, 4.69) is 16.9 Å². The zero-order valence-corrected chi connectivity index (χ0v) is 8.61. The fraction of sp³-hybridized carbons (Fsp3) is 0.556. The van der Waals surface area contributed by atoms with E-state index in [-0.39, 0.29) is 0 Å². The summed E-state index contributed by atoms with van der Waals surface area (Å²) >= 11 is 1.76. The minimum Gasteiger partial charge on any atom is -0.291 e. The Bertz CT molecular complexity index is 276. The summed E-state index contributed by atoms with van der Waals surface area (Å²) in [4.78, 5) is 9.91. The van der Waals surface area contributed by atoms with E-state index < -0.39 is 0 Å². The van der Waals surface area contributed by atoms with Crippen LogP contribution in [0.5, 0.6) is 0 Å². The van der Waals surface area contributed by atoms with Crippen LogP contribution in [0.2, 0.25) is 0 Å². The molecule has 0 fully saturated rings. The number of thiazole rings is 1. The van der Waals surface area contributed by atoms with Gasteiger partial charge in [0, 0.05) is 17.6 Å². The molecule has 0 aliphatic rings. The van der Waals surface area contributed by atoms with Gasteiger partial charge in [-0.15, -0.1) is 11.3 Å². The van der Waals surface area contributed by atoms with Crippen LogP contribution in [0.1, 0.15) is 29.4 Å². The molecule has 0 radical (unpaired) electrons. The molecule has 0 unspecified atom stereocenters. The van der Waals surface area contributed by atoms with Crippen LogP contribution in [0.15, 0.2) is 4.99 Å². The average Bonchev–Trinajstić information content (AvgIpc) is 2.42. The lowest BCUT2D eigenvalue weighted by Gasteiger charge is -1.89. The second kappa shape index (κ2) is 4.36. The predicted octanol–water partition coefficient (Wildman–Crippen LogP) is 2.45. The van der Waals surface area contributed by atoms with Gasteiger partial charge in [0.05, 0.1) is 10.7 Å². The van der Waals surface area contributed by atoms with Crippen molar-refractivity contribution in [3.8, 4) is 0 Å². The molecule has 0 aromatic carbocycles. The molecule has 3 heteroatoms. The second-order valence-corrected chi connectivity index (χ2v) is 3.81. The second-order valence-electron chi connectivity index (χ2n) is 2.52. The normalized spacial score (nSPS) is 11.2. The van der Waals surface area contributed by atoms with Crippen LogP contribution in [0.3, 0.4) is 0 Å². The Labute approximate surface area is 77.4 Å². The first-order chi connectivity index (χ1) is 5.77. The molecule has 1 heterocycles. The lowest BCUT2D eigenvalue weighted by atomic mass is 10.3. The molecule has 0 saturated carbocycles. The molecule has 1 aromatic rings. The lowest BCUT2D eigenvalue weighted by Crippen LogP contribution is -1.87. The van der Waals surface area contributed by atoms with Crippen molar-refractivity contribution in [1.29, 1.82) is 0 Å². The van der Waals surface area contributed by atoms with Gasteiger partial charge in [-0.2, -0.15) is 0 Å². The molecule has 1 rings (SSSR count). The summed E-state index contributed by atoms with van der Waals surface area (Å²) in [7, 11) is 0. The maximum absolute atomic E-state index is 4.39. The minimum absolute atomic E-state index is 0.833. The summed E-state index contributed by atoms with van der Waals surface area (Å²) in [6.07, 6.45) is 2.93. The summed E-state index contributed by atoms with van der Waals surface area (Å²) in [5.74, 6) is 0. The van der Waals surface area contributed by atoms with Gasteiger partial charge in [0.25, 0.3) is 0 Å². The van der Waals surface area contributed by atoms with Crippen molar-refractivity contribution in [3.05, 3.63) is 15.6 Å². The third-order valence-corrected chi connectivity index (χ3v) is 2.68. The third kappa shape index (κ3) is 2.14. The molecular formula is C9H14N2S. The average molecular weight is 182 g/mol. The van der Waals surface area contributed by atoms with Crippen molar-refractivity contribution in [2.75, 3.05) is 6.54 Å². The van der Waals surface area contributed by atoms with E-state index in [9.17, 15) is 0 Å². The Morgan fingerprint density at radius 3 is 2.83 bits per heavy atom. The van der Waals surface area contributed by atoms with E-state index in [0.29, 0.717) is 0 Å². The quantitative estimate of drug-likeness (QED) is 0.659. The fourth-order valence-electron chi connectivity index (χ4n) is 1.02. The highest BCUT2D eigenvalue weighted by Crippen LogP contribution is 2.16.